The molecule has 0 amide bonds. The molecule has 6 nitrogen and oxygen atoms in total. The molecule has 2 fully saturated rings. The van der Waals surface area contributed by atoms with Crippen molar-refractivity contribution in [2.24, 2.45) is 0 Å². The summed E-state index contributed by atoms with van der Waals surface area (Å²) >= 11 is -3.26. The number of aliphatic hydroxyl groups is 3. The molecule has 2 aliphatic heterocycles. The van der Waals surface area contributed by atoms with E-state index in [9.17, 15) is 15.3 Å². The summed E-state index contributed by atoms with van der Waals surface area (Å²) in [6, 6.07) is 0. The first-order valence-electron chi connectivity index (χ1n) is 8.05. The summed E-state index contributed by atoms with van der Waals surface area (Å²) in [7, 11) is 0. The molecule has 0 spiro atoms. The van der Waals surface area contributed by atoms with E-state index in [4.69, 9.17) is 10.9 Å². The van der Waals surface area contributed by atoms with Crippen molar-refractivity contribution in [1.82, 2.24) is 0 Å². The van der Waals surface area contributed by atoms with Gasteiger partial charge in [-0.05, 0) is 0 Å². The molecule has 7 heteroatoms. The molecule has 0 aliphatic carbocycles. The van der Waals surface area contributed by atoms with Crippen molar-refractivity contribution in [1.29, 1.82) is 0 Å². The number of hydrogen-bond donors (Lipinski definition) is 3. The van der Waals surface area contributed by atoms with Gasteiger partial charge in [-0.1, -0.05) is 0 Å². The van der Waals surface area contributed by atoms with Crippen LogP contribution in [0.5, 0.6) is 0 Å². The molecule has 2 saturated heterocycles. The molecule has 5 atom stereocenters. The van der Waals surface area contributed by atoms with Crippen LogP contribution in [0.1, 0.15) is 39.5 Å². The third-order valence-electron chi connectivity index (χ3n) is 4.34. The van der Waals surface area contributed by atoms with E-state index in [1.54, 1.807) is 0 Å². The molecule has 0 bridgehead atoms. The zero-order valence-corrected chi connectivity index (χ0v) is 15.8. The maximum atomic E-state index is 10.3. The fraction of sp³-hybridized carbons (Fsp3) is 1.00. The molecule has 2 rings (SSSR count). The Morgan fingerprint density at radius 3 is 2.05 bits per heavy atom. The van der Waals surface area contributed by atoms with Crippen LogP contribution in [-0.2, 0) is 10.9 Å². The average molecular weight is 411 g/mol. The van der Waals surface area contributed by atoms with E-state index >= 15 is 0 Å². The summed E-state index contributed by atoms with van der Waals surface area (Å²) < 4.78 is 19.6. The third-order valence-corrected chi connectivity index (χ3v) is 14.7. The van der Waals surface area contributed by atoms with E-state index in [2.05, 4.69) is 13.8 Å². The zero-order valence-electron chi connectivity index (χ0n) is 12.9. The average Bonchev–Trinajstić information content (AvgIpc) is 2.88. The quantitative estimate of drug-likeness (QED) is 0.540. The number of hydrogen-bond acceptors (Lipinski definition) is 6. The molecule has 2 aliphatic rings. The molecule has 0 aromatic carbocycles. The first-order valence-corrected chi connectivity index (χ1v) is 14.4. The molecule has 5 unspecified atom stereocenters. The Morgan fingerprint density at radius 2 is 1.52 bits per heavy atom. The predicted octanol–water partition coefficient (Wildman–Crippen LogP) is 0.883. The summed E-state index contributed by atoms with van der Waals surface area (Å²) in [4.78, 5) is 0. The van der Waals surface area contributed by atoms with Gasteiger partial charge in [0.05, 0.1) is 0 Å². The summed E-state index contributed by atoms with van der Waals surface area (Å²) in [5.41, 5.74) is 0. The molecule has 2 heterocycles. The number of aliphatic hydroxyl groups excluding tert-OH is 3. The molecule has 0 aromatic rings. The van der Waals surface area contributed by atoms with E-state index in [1.807, 2.05) is 0 Å². The van der Waals surface area contributed by atoms with E-state index in [0.29, 0.717) is 0 Å². The van der Waals surface area contributed by atoms with E-state index in [-0.39, 0.29) is 6.61 Å². The van der Waals surface area contributed by atoms with Gasteiger partial charge >= 0.3 is 131 Å². The van der Waals surface area contributed by atoms with Crippen LogP contribution in [0.25, 0.3) is 0 Å². The third kappa shape index (κ3) is 3.91. The fourth-order valence-corrected chi connectivity index (χ4v) is 14.7. The number of fused-ring (bicyclic) bond motifs is 1. The molecule has 3 N–H and O–H groups in total. The van der Waals surface area contributed by atoms with E-state index < -0.39 is 49.9 Å². The molecule has 0 saturated carbocycles. The second-order valence-corrected chi connectivity index (χ2v) is 15.4. The van der Waals surface area contributed by atoms with Gasteiger partial charge in [0.25, 0.3) is 0 Å². The predicted molar refractivity (Wildman–Crippen MR) is 78.9 cm³/mol. The van der Waals surface area contributed by atoms with Crippen LogP contribution in [0, 0.1) is 0 Å². The van der Waals surface area contributed by atoms with Gasteiger partial charge in [-0.15, -0.1) is 0 Å². The monoisotopic (exact) mass is 412 g/mol. The van der Waals surface area contributed by atoms with Crippen LogP contribution in [-0.4, -0.2) is 71.8 Å². The van der Waals surface area contributed by atoms with Gasteiger partial charge in [-0.2, -0.15) is 0 Å². The Bertz CT molecular complexity index is 321. The first kappa shape index (κ1) is 17.9. The minimum absolute atomic E-state index is 0.336. The molecule has 21 heavy (non-hydrogen) atoms. The summed E-state index contributed by atoms with van der Waals surface area (Å²) in [6.07, 6.45) is 0.224. The normalized spacial score (nSPS) is 38.4. The van der Waals surface area contributed by atoms with Crippen molar-refractivity contribution < 1.29 is 26.2 Å². The Balaban J connectivity index is 2.12. The van der Waals surface area contributed by atoms with Crippen LogP contribution in [0.2, 0.25) is 8.87 Å². The van der Waals surface area contributed by atoms with Crippen LogP contribution >= 0.6 is 0 Å². The molecular formula is C14H28O6Sn. The van der Waals surface area contributed by atoms with Crippen LogP contribution in [0.4, 0.5) is 0 Å². The Morgan fingerprint density at radius 1 is 0.952 bits per heavy atom. The molecule has 0 aromatic heterocycles. The van der Waals surface area contributed by atoms with Gasteiger partial charge in [0.2, 0.25) is 0 Å². The summed E-state index contributed by atoms with van der Waals surface area (Å²) in [5, 5.41) is 29.6. The molecule has 0 radical (unpaired) electrons. The first-order chi connectivity index (χ1) is 10.1. The van der Waals surface area contributed by atoms with Gasteiger partial charge in [0.1, 0.15) is 0 Å². The van der Waals surface area contributed by atoms with Gasteiger partial charge in [0.15, 0.2) is 0 Å². The minimum atomic E-state index is -3.26. The van der Waals surface area contributed by atoms with Crippen LogP contribution in [0.3, 0.4) is 0 Å². The van der Waals surface area contributed by atoms with Gasteiger partial charge in [-0.25, -0.2) is 0 Å². The second kappa shape index (κ2) is 7.90. The van der Waals surface area contributed by atoms with E-state index in [1.165, 1.54) is 0 Å². The SMILES string of the molecule is CCC[CH2][Sn]1([CH2]CCC)[O]C2C(O)OC(CO)C(O)C2[O]1. The van der Waals surface area contributed by atoms with Crippen molar-refractivity contribution in [3.8, 4) is 0 Å². The van der Waals surface area contributed by atoms with Gasteiger partial charge in [0, 0.05) is 0 Å². The van der Waals surface area contributed by atoms with E-state index in [0.717, 1.165) is 34.6 Å². The van der Waals surface area contributed by atoms with Gasteiger partial charge < -0.3 is 0 Å². The van der Waals surface area contributed by atoms with Crippen molar-refractivity contribution >= 4 is 19.2 Å². The van der Waals surface area contributed by atoms with Crippen molar-refractivity contribution in [2.75, 3.05) is 6.61 Å². The number of ether oxygens (including phenoxy) is 1. The zero-order chi connectivity index (χ0) is 15.5. The topological polar surface area (TPSA) is 88.4 Å². The maximum absolute atomic E-state index is 10.3. The molecule has 124 valence electrons. The second-order valence-electron chi connectivity index (χ2n) is 6.02. The molecular weight excluding hydrogens is 383 g/mol. The summed E-state index contributed by atoms with van der Waals surface area (Å²) in [6.45, 7) is 3.93. The summed E-state index contributed by atoms with van der Waals surface area (Å²) in [5.74, 6) is 0. The van der Waals surface area contributed by atoms with Crippen molar-refractivity contribution in [3.05, 3.63) is 0 Å². The van der Waals surface area contributed by atoms with Crippen LogP contribution < -0.4 is 0 Å². The van der Waals surface area contributed by atoms with Crippen molar-refractivity contribution in [3.63, 3.8) is 0 Å². The Labute approximate surface area is 131 Å². The van der Waals surface area contributed by atoms with Crippen molar-refractivity contribution in [2.45, 2.75) is 79.1 Å². The number of rotatable bonds is 7. The Kier molecular flexibility index (Phi) is 6.73. The standard InChI is InChI=1S/C6H10O6.2C4H9.Sn/c7-1-2-3(8)4(9)5(10)6(11)12-2;2*1-3-4-2;/h2-8,11H,1H2;2*1,3-4H2,2H3;/q-2;;;+2. The van der Waals surface area contributed by atoms with Crippen LogP contribution in [0.15, 0.2) is 0 Å². The fourth-order valence-electron chi connectivity index (χ4n) is 3.09. The Hall–Kier alpha value is 0.559. The van der Waals surface area contributed by atoms with Gasteiger partial charge in [-0.3, -0.25) is 0 Å². The number of unbranched alkanes of at least 4 members (excludes halogenated alkanes) is 2.